The Morgan fingerprint density at radius 2 is 2.00 bits per heavy atom. The van der Waals surface area contributed by atoms with Crippen LogP contribution < -0.4 is 10.6 Å². The number of aromatic nitrogens is 2. The summed E-state index contributed by atoms with van der Waals surface area (Å²) in [7, 11) is 1.79. The number of nitrogens with one attached hydrogen (secondary N) is 2. The molecule has 5 nitrogen and oxygen atoms in total. The van der Waals surface area contributed by atoms with Gasteiger partial charge in [0, 0.05) is 13.1 Å². The van der Waals surface area contributed by atoms with Gasteiger partial charge in [0.2, 0.25) is 0 Å². The van der Waals surface area contributed by atoms with E-state index in [4.69, 9.17) is 16.9 Å². The zero-order valence-corrected chi connectivity index (χ0v) is 12.5. The Bertz CT molecular complexity index is 646. The highest BCUT2D eigenvalue weighted by Crippen LogP contribution is 2.27. The predicted molar refractivity (Wildman–Crippen MR) is 82.8 cm³/mol. The molecule has 0 aliphatic rings. The number of nitriles is 1. The van der Waals surface area contributed by atoms with Crippen LogP contribution in [0.1, 0.15) is 5.56 Å². The van der Waals surface area contributed by atoms with Crippen molar-refractivity contribution in [2.45, 2.75) is 5.16 Å². The Morgan fingerprint density at radius 1 is 1.25 bits per heavy atom. The van der Waals surface area contributed by atoms with E-state index in [-0.39, 0.29) is 0 Å². The molecule has 2 aromatic rings. The summed E-state index contributed by atoms with van der Waals surface area (Å²) in [4.78, 5) is 8.63. The van der Waals surface area contributed by atoms with E-state index in [1.165, 1.54) is 11.8 Å². The summed E-state index contributed by atoms with van der Waals surface area (Å²) in [5, 5.41) is 16.2. The molecule has 0 saturated heterocycles. The van der Waals surface area contributed by atoms with Crippen LogP contribution in [0.25, 0.3) is 0 Å². The molecular formula is C13H12ClN5S. The van der Waals surface area contributed by atoms with Gasteiger partial charge in [-0.3, -0.25) is 0 Å². The third-order valence-electron chi connectivity index (χ3n) is 2.50. The van der Waals surface area contributed by atoms with Crippen molar-refractivity contribution in [3.8, 4) is 6.07 Å². The molecule has 0 radical (unpaired) electrons. The van der Waals surface area contributed by atoms with Crippen LogP contribution in [-0.4, -0.2) is 23.3 Å². The molecule has 0 atom stereocenters. The fourth-order valence-corrected chi connectivity index (χ4v) is 2.08. The topological polar surface area (TPSA) is 73.6 Å². The Balaban J connectivity index is 2.36. The van der Waals surface area contributed by atoms with Gasteiger partial charge in [0.25, 0.3) is 0 Å². The maximum Gasteiger partial charge on any atom is 0.191 e. The second-order valence-electron chi connectivity index (χ2n) is 3.81. The van der Waals surface area contributed by atoms with Crippen LogP contribution in [0.15, 0.2) is 29.4 Å². The average Bonchev–Trinajstić information content (AvgIpc) is 2.49. The van der Waals surface area contributed by atoms with E-state index in [0.29, 0.717) is 33.1 Å². The van der Waals surface area contributed by atoms with Gasteiger partial charge in [-0.05, 0) is 24.5 Å². The number of benzene rings is 1. The molecular weight excluding hydrogens is 294 g/mol. The Labute approximate surface area is 126 Å². The van der Waals surface area contributed by atoms with E-state index in [2.05, 4.69) is 26.7 Å². The summed E-state index contributed by atoms with van der Waals surface area (Å²) >= 11 is 7.56. The van der Waals surface area contributed by atoms with Crippen molar-refractivity contribution < 1.29 is 0 Å². The molecule has 2 rings (SSSR count). The molecule has 0 saturated carbocycles. The van der Waals surface area contributed by atoms with E-state index in [0.717, 1.165) is 0 Å². The van der Waals surface area contributed by atoms with Crippen molar-refractivity contribution in [2.24, 2.45) is 0 Å². The second-order valence-corrected chi connectivity index (χ2v) is 4.99. The molecule has 7 heteroatoms. The van der Waals surface area contributed by atoms with Crippen molar-refractivity contribution in [3.05, 3.63) is 34.9 Å². The molecule has 20 heavy (non-hydrogen) atoms. The molecule has 102 valence electrons. The third-order valence-corrected chi connectivity index (χ3v) is 3.38. The highest BCUT2D eigenvalue weighted by atomic mass is 35.5. The number of thioether (sulfide) groups is 1. The zero-order valence-electron chi connectivity index (χ0n) is 10.9. The standard InChI is InChI=1S/C13H12ClN5S/c1-16-11-6-12(19-13(18-11)20-2)17-10-5-8(7-15)3-4-9(10)14/h3-6H,1-2H3,(H2,16,17,18,19). The minimum Gasteiger partial charge on any atom is -0.373 e. The predicted octanol–water partition coefficient (Wildman–Crippen LogP) is 3.51. The minimum absolute atomic E-state index is 0.527. The number of rotatable bonds is 4. The highest BCUT2D eigenvalue weighted by Gasteiger charge is 2.07. The molecule has 2 N–H and O–H groups in total. The van der Waals surface area contributed by atoms with Crippen LogP contribution in [0.5, 0.6) is 0 Å². The number of anilines is 3. The Kier molecular flexibility index (Phi) is 4.66. The largest absolute Gasteiger partial charge is 0.373 e. The van der Waals surface area contributed by atoms with Gasteiger partial charge in [-0.15, -0.1) is 0 Å². The lowest BCUT2D eigenvalue weighted by atomic mass is 10.2. The minimum atomic E-state index is 0.527. The van der Waals surface area contributed by atoms with Gasteiger partial charge in [-0.25, -0.2) is 9.97 Å². The first-order chi connectivity index (χ1) is 9.66. The van der Waals surface area contributed by atoms with Gasteiger partial charge < -0.3 is 10.6 Å². The summed E-state index contributed by atoms with van der Waals surface area (Å²) in [5.74, 6) is 1.32. The van der Waals surface area contributed by atoms with Crippen LogP contribution in [0.2, 0.25) is 5.02 Å². The number of hydrogen-bond donors (Lipinski definition) is 2. The van der Waals surface area contributed by atoms with E-state index >= 15 is 0 Å². The van der Waals surface area contributed by atoms with Gasteiger partial charge in [0.1, 0.15) is 11.6 Å². The summed E-state index contributed by atoms with van der Waals surface area (Å²) in [5.41, 5.74) is 1.17. The zero-order chi connectivity index (χ0) is 14.5. The van der Waals surface area contributed by atoms with Crippen molar-refractivity contribution in [1.82, 2.24) is 9.97 Å². The normalized spacial score (nSPS) is 9.90. The maximum atomic E-state index is 8.92. The van der Waals surface area contributed by atoms with Gasteiger partial charge in [0.15, 0.2) is 5.16 Å². The van der Waals surface area contributed by atoms with Crippen molar-refractivity contribution in [1.29, 1.82) is 5.26 Å². The maximum absolute atomic E-state index is 8.92. The summed E-state index contributed by atoms with van der Waals surface area (Å²) < 4.78 is 0. The molecule has 1 aromatic carbocycles. The SMILES string of the molecule is CNc1cc(Nc2cc(C#N)ccc2Cl)nc(SC)n1. The molecule has 0 amide bonds. The fraction of sp³-hybridized carbons (Fsp3) is 0.154. The first-order valence-electron chi connectivity index (χ1n) is 5.73. The third kappa shape index (κ3) is 3.32. The number of halogens is 1. The lowest BCUT2D eigenvalue weighted by Crippen LogP contribution is -2.01. The van der Waals surface area contributed by atoms with Gasteiger partial charge in [0.05, 0.1) is 22.3 Å². The fourth-order valence-electron chi connectivity index (χ4n) is 1.54. The molecule has 0 unspecified atom stereocenters. The van der Waals surface area contributed by atoms with Crippen LogP contribution in [0.3, 0.4) is 0 Å². The van der Waals surface area contributed by atoms with Gasteiger partial charge >= 0.3 is 0 Å². The molecule has 0 aliphatic heterocycles. The Morgan fingerprint density at radius 3 is 2.65 bits per heavy atom. The molecule has 1 heterocycles. The highest BCUT2D eigenvalue weighted by molar-refractivity contribution is 7.98. The number of nitrogens with zero attached hydrogens (tertiary/aromatic N) is 3. The molecule has 0 bridgehead atoms. The van der Waals surface area contributed by atoms with E-state index in [1.807, 2.05) is 6.26 Å². The summed E-state index contributed by atoms with van der Waals surface area (Å²) in [6.45, 7) is 0. The van der Waals surface area contributed by atoms with E-state index < -0.39 is 0 Å². The van der Waals surface area contributed by atoms with Crippen LogP contribution in [0.4, 0.5) is 17.3 Å². The quantitative estimate of drug-likeness (QED) is 0.665. The molecule has 1 aromatic heterocycles. The lowest BCUT2D eigenvalue weighted by Gasteiger charge is -2.10. The van der Waals surface area contributed by atoms with Gasteiger partial charge in [-0.2, -0.15) is 5.26 Å². The van der Waals surface area contributed by atoms with Crippen molar-refractivity contribution in [3.63, 3.8) is 0 Å². The van der Waals surface area contributed by atoms with E-state index in [1.54, 1.807) is 31.3 Å². The number of hydrogen-bond acceptors (Lipinski definition) is 6. The lowest BCUT2D eigenvalue weighted by molar-refractivity contribution is 0.977. The van der Waals surface area contributed by atoms with E-state index in [9.17, 15) is 0 Å². The van der Waals surface area contributed by atoms with Crippen LogP contribution >= 0.6 is 23.4 Å². The average molecular weight is 306 g/mol. The van der Waals surface area contributed by atoms with Gasteiger partial charge in [-0.1, -0.05) is 23.4 Å². The van der Waals surface area contributed by atoms with Crippen molar-refractivity contribution in [2.75, 3.05) is 23.9 Å². The van der Waals surface area contributed by atoms with Crippen molar-refractivity contribution >= 4 is 40.7 Å². The summed E-state index contributed by atoms with van der Waals surface area (Å²) in [6.07, 6.45) is 1.90. The molecule has 0 spiro atoms. The second kappa shape index (κ2) is 6.46. The summed E-state index contributed by atoms with van der Waals surface area (Å²) in [6, 6.07) is 8.88. The van der Waals surface area contributed by atoms with Crippen LogP contribution in [-0.2, 0) is 0 Å². The monoisotopic (exact) mass is 305 g/mol. The first kappa shape index (κ1) is 14.4. The Hall–Kier alpha value is -1.97. The van der Waals surface area contributed by atoms with Crippen LogP contribution in [0, 0.1) is 11.3 Å². The molecule has 0 fully saturated rings. The molecule has 0 aliphatic carbocycles. The first-order valence-corrected chi connectivity index (χ1v) is 7.34. The smallest absolute Gasteiger partial charge is 0.191 e.